The maximum Gasteiger partial charge on any atom is 1.00 e. The molecule has 0 radical (unpaired) electrons. The van der Waals surface area contributed by atoms with E-state index in [1.54, 1.807) is 0 Å². The molecule has 0 aliphatic rings. The van der Waals surface area contributed by atoms with Gasteiger partial charge in [0.15, 0.2) is 0 Å². The minimum atomic E-state index is -4.62. The molecule has 19 heteroatoms. The van der Waals surface area contributed by atoms with Crippen molar-refractivity contribution in [1.29, 1.82) is 0 Å². The molecule has 14 nitrogen and oxygen atoms in total. The zero-order valence-electron chi connectivity index (χ0n) is 17.3. The topological polar surface area (TPSA) is 223 Å². The van der Waals surface area contributed by atoms with Crippen molar-refractivity contribution in [3.05, 3.63) is 30.1 Å². The SMILES string of the molecule is CS(=O)(=O)NCCc1nc(NCS(=O)(=O)[O-])nc(Nc2ccc(S(=O)(=O)[O-])cc2)n1.[Na+].[Na+]. The van der Waals surface area contributed by atoms with Crippen molar-refractivity contribution in [2.24, 2.45) is 0 Å². The van der Waals surface area contributed by atoms with Crippen LogP contribution in [0.25, 0.3) is 0 Å². The molecule has 0 bridgehead atoms. The van der Waals surface area contributed by atoms with Crippen molar-refractivity contribution < 1.29 is 93.5 Å². The Labute approximate surface area is 229 Å². The molecule has 0 amide bonds. The van der Waals surface area contributed by atoms with Gasteiger partial charge in [0, 0.05) is 18.7 Å². The third-order valence-corrected chi connectivity index (χ3v) is 5.28. The van der Waals surface area contributed by atoms with Gasteiger partial charge >= 0.3 is 59.1 Å². The van der Waals surface area contributed by atoms with E-state index in [9.17, 15) is 34.4 Å². The molecule has 0 atom stereocenters. The molecule has 1 aromatic carbocycles. The quantitative estimate of drug-likeness (QED) is 0.193. The second kappa shape index (κ2) is 12.9. The van der Waals surface area contributed by atoms with Gasteiger partial charge in [0.2, 0.25) is 21.9 Å². The van der Waals surface area contributed by atoms with E-state index in [0.717, 1.165) is 18.4 Å². The largest absolute Gasteiger partial charge is 1.00 e. The van der Waals surface area contributed by atoms with Gasteiger partial charge in [-0.3, -0.25) is 0 Å². The van der Waals surface area contributed by atoms with Crippen molar-refractivity contribution in [2.45, 2.75) is 11.3 Å². The molecule has 0 fully saturated rings. The van der Waals surface area contributed by atoms with Gasteiger partial charge in [-0.15, -0.1) is 0 Å². The number of sulfonamides is 1. The molecule has 32 heavy (non-hydrogen) atoms. The fourth-order valence-electron chi connectivity index (χ4n) is 2.00. The normalized spacial score (nSPS) is 11.7. The fraction of sp³-hybridized carbons (Fsp3) is 0.308. The van der Waals surface area contributed by atoms with E-state index in [4.69, 9.17) is 0 Å². The first-order valence-corrected chi connectivity index (χ1v) is 12.8. The monoisotopic (exact) mass is 526 g/mol. The smallest absolute Gasteiger partial charge is 0.747 e. The number of benzene rings is 1. The molecule has 3 N–H and O–H groups in total. The minimum absolute atomic E-state index is 0. The van der Waals surface area contributed by atoms with E-state index in [-0.39, 0.29) is 95.5 Å². The number of anilines is 3. The van der Waals surface area contributed by atoms with Crippen molar-refractivity contribution in [1.82, 2.24) is 19.7 Å². The van der Waals surface area contributed by atoms with E-state index in [0.29, 0.717) is 0 Å². The van der Waals surface area contributed by atoms with E-state index >= 15 is 0 Å². The van der Waals surface area contributed by atoms with Crippen LogP contribution in [0.3, 0.4) is 0 Å². The van der Waals surface area contributed by atoms with Crippen molar-refractivity contribution >= 4 is 47.8 Å². The summed E-state index contributed by atoms with van der Waals surface area (Å²) in [5.74, 6) is -1.30. The molecule has 2 aromatic rings. The van der Waals surface area contributed by atoms with Gasteiger partial charge in [-0.2, -0.15) is 15.0 Å². The van der Waals surface area contributed by atoms with Crippen LogP contribution in [0.4, 0.5) is 17.6 Å². The van der Waals surface area contributed by atoms with Gasteiger partial charge < -0.3 is 19.7 Å². The van der Waals surface area contributed by atoms with Crippen LogP contribution in [0.15, 0.2) is 29.2 Å². The van der Waals surface area contributed by atoms with Gasteiger partial charge in [0.25, 0.3) is 0 Å². The summed E-state index contributed by atoms with van der Waals surface area (Å²) in [6.45, 7) is -0.0579. The first-order valence-electron chi connectivity index (χ1n) is 7.91. The van der Waals surface area contributed by atoms with Gasteiger partial charge in [-0.25, -0.2) is 30.0 Å². The summed E-state index contributed by atoms with van der Waals surface area (Å²) < 4.78 is 89.9. The number of nitrogens with zero attached hydrogens (tertiary/aromatic N) is 3. The summed E-state index contributed by atoms with van der Waals surface area (Å²) in [4.78, 5) is 11.4. The molecular formula is C13H16N6Na2O8S3. The molecule has 0 aliphatic carbocycles. The Bertz CT molecular complexity index is 1220. The molecular weight excluding hydrogens is 510 g/mol. The zero-order valence-corrected chi connectivity index (χ0v) is 23.7. The summed E-state index contributed by atoms with van der Waals surface area (Å²) in [5.41, 5.74) is 0.288. The van der Waals surface area contributed by atoms with E-state index in [2.05, 4.69) is 30.3 Å². The van der Waals surface area contributed by atoms with Crippen LogP contribution in [-0.2, 0) is 36.7 Å². The molecule has 0 saturated heterocycles. The molecule has 0 unspecified atom stereocenters. The predicted octanol–water partition coefficient (Wildman–Crippen LogP) is -7.47. The van der Waals surface area contributed by atoms with Crippen molar-refractivity contribution in [3.63, 3.8) is 0 Å². The fourth-order valence-corrected chi connectivity index (χ4v) is 3.25. The van der Waals surface area contributed by atoms with Gasteiger partial charge in [-0.05, 0) is 24.3 Å². The second-order valence-electron chi connectivity index (χ2n) is 5.80. The summed E-state index contributed by atoms with van der Waals surface area (Å²) >= 11 is 0. The summed E-state index contributed by atoms with van der Waals surface area (Å²) in [5, 5.41) is 4.93. The summed E-state index contributed by atoms with van der Waals surface area (Å²) in [6, 6.07) is 4.67. The van der Waals surface area contributed by atoms with Crippen molar-refractivity contribution in [2.75, 3.05) is 29.3 Å². The molecule has 166 valence electrons. The van der Waals surface area contributed by atoms with Crippen LogP contribution in [0, 0.1) is 0 Å². The first-order chi connectivity index (χ1) is 13.7. The van der Waals surface area contributed by atoms with Gasteiger partial charge in [0.05, 0.1) is 11.2 Å². The Morgan fingerprint density at radius 3 is 1.94 bits per heavy atom. The Morgan fingerprint density at radius 1 is 0.875 bits per heavy atom. The average Bonchev–Trinajstić information content (AvgIpc) is 2.58. The molecule has 2 rings (SSSR count). The maximum atomic E-state index is 11.2. The minimum Gasteiger partial charge on any atom is -0.747 e. The molecule has 1 heterocycles. The molecule has 1 aromatic heterocycles. The maximum absolute atomic E-state index is 11.2. The van der Waals surface area contributed by atoms with Crippen LogP contribution in [0.5, 0.6) is 0 Å². The number of rotatable bonds is 10. The Balaban J connectivity index is 0.00000480. The number of aromatic nitrogens is 3. The van der Waals surface area contributed by atoms with E-state index in [1.807, 2.05) is 0 Å². The number of hydrogen-bond acceptors (Lipinski definition) is 13. The van der Waals surface area contributed by atoms with Crippen LogP contribution in [0.2, 0.25) is 0 Å². The molecule has 0 aliphatic heterocycles. The summed E-state index contributed by atoms with van der Waals surface area (Å²) in [7, 11) is -12.7. The predicted molar refractivity (Wildman–Crippen MR) is 102 cm³/mol. The standard InChI is InChI=1S/C13H18N6O8S3.2Na/c1-28(20,21)15-7-6-11-17-12(14-8-29(22,23)24)19-13(18-11)16-9-2-4-10(5-3-9)30(25,26)27;;/h2-5,15H,6-8H2,1H3,(H,22,23,24)(H,25,26,27)(H2,14,16,17,18,19);;/q;2*+1/p-2. The zero-order chi connectivity index (χ0) is 22.6. The first kappa shape index (κ1) is 31.6. The molecule has 0 saturated carbocycles. The summed E-state index contributed by atoms with van der Waals surface area (Å²) in [6.07, 6.45) is 0.974. The van der Waals surface area contributed by atoms with Crippen LogP contribution >= 0.6 is 0 Å². The number of nitrogens with one attached hydrogen (secondary N) is 3. The third kappa shape index (κ3) is 12.1. The van der Waals surface area contributed by atoms with E-state index < -0.39 is 41.0 Å². The second-order valence-corrected chi connectivity index (χ2v) is 10.4. The average molecular weight is 526 g/mol. The van der Waals surface area contributed by atoms with Gasteiger partial charge in [-0.1, -0.05) is 0 Å². The van der Waals surface area contributed by atoms with E-state index in [1.165, 1.54) is 12.1 Å². The third-order valence-electron chi connectivity index (χ3n) is 3.20. The van der Waals surface area contributed by atoms with Gasteiger partial charge in [0.1, 0.15) is 31.9 Å². The molecule has 0 spiro atoms. The van der Waals surface area contributed by atoms with Crippen molar-refractivity contribution in [3.8, 4) is 0 Å². The van der Waals surface area contributed by atoms with Crippen LogP contribution < -0.4 is 74.5 Å². The Hall–Kier alpha value is -0.440. The Morgan fingerprint density at radius 2 is 1.44 bits per heavy atom. The number of hydrogen-bond donors (Lipinski definition) is 3. The van der Waals surface area contributed by atoms with Crippen LogP contribution in [-0.4, -0.2) is 68.0 Å². The Kier molecular flexibility index (Phi) is 12.7. The van der Waals surface area contributed by atoms with Crippen LogP contribution in [0.1, 0.15) is 5.82 Å².